The number of hydrogen-bond acceptors (Lipinski definition) is 7. The molecule has 1 amide bonds. The van der Waals surface area contributed by atoms with E-state index in [2.05, 4.69) is 20.7 Å². The Labute approximate surface area is 213 Å². The Hall–Kier alpha value is -3.73. The van der Waals surface area contributed by atoms with E-state index < -0.39 is 10.8 Å². The molecule has 0 radical (unpaired) electrons. The largest absolute Gasteiger partial charge is 0.272 e. The fraction of sp³-hybridized carbons (Fsp3) is 0.0435. The van der Waals surface area contributed by atoms with E-state index >= 15 is 0 Å². The lowest BCUT2D eigenvalue weighted by atomic mass is 10.2. The van der Waals surface area contributed by atoms with Crippen molar-refractivity contribution in [2.45, 2.75) is 5.16 Å². The van der Waals surface area contributed by atoms with E-state index in [-0.39, 0.29) is 16.5 Å². The Bertz CT molecular complexity index is 1390. The third-order valence-corrected chi connectivity index (χ3v) is 6.19. The molecule has 0 fully saturated rings. The smallest absolute Gasteiger partial charge is 0.270 e. The zero-order chi connectivity index (χ0) is 24.8. The molecule has 0 bridgehead atoms. The number of carbonyl (C=O) groups is 1. The monoisotopic (exact) mass is 526 g/mol. The second-order valence-corrected chi connectivity index (χ2v) is 8.81. The van der Waals surface area contributed by atoms with Gasteiger partial charge in [-0.25, -0.2) is 5.43 Å². The molecule has 0 spiro atoms. The van der Waals surface area contributed by atoms with Crippen LogP contribution in [0.2, 0.25) is 10.0 Å². The summed E-state index contributed by atoms with van der Waals surface area (Å²) in [6.45, 7) is 0. The molecule has 0 atom stereocenters. The molecule has 0 saturated heterocycles. The van der Waals surface area contributed by atoms with Gasteiger partial charge in [-0.15, -0.1) is 10.2 Å². The topological polar surface area (TPSA) is 115 Å². The van der Waals surface area contributed by atoms with Crippen LogP contribution in [0.25, 0.3) is 17.1 Å². The first-order valence-corrected chi connectivity index (χ1v) is 11.8. The van der Waals surface area contributed by atoms with E-state index in [0.717, 1.165) is 11.3 Å². The van der Waals surface area contributed by atoms with Crippen molar-refractivity contribution in [1.29, 1.82) is 0 Å². The summed E-state index contributed by atoms with van der Waals surface area (Å²) < 4.78 is 1.84. The maximum Gasteiger partial charge on any atom is 0.270 e. The van der Waals surface area contributed by atoms with Crippen molar-refractivity contribution in [3.63, 3.8) is 0 Å². The summed E-state index contributed by atoms with van der Waals surface area (Å²) in [5.74, 6) is 0.217. The zero-order valence-electron chi connectivity index (χ0n) is 17.8. The van der Waals surface area contributed by atoms with Crippen LogP contribution in [-0.2, 0) is 4.79 Å². The van der Waals surface area contributed by atoms with Crippen molar-refractivity contribution in [2.24, 2.45) is 5.10 Å². The number of aromatic nitrogens is 3. The quantitative estimate of drug-likeness (QED) is 0.142. The van der Waals surface area contributed by atoms with E-state index in [0.29, 0.717) is 21.6 Å². The molecular weight excluding hydrogens is 511 g/mol. The minimum absolute atomic E-state index is 0.000518. The number of rotatable bonds is 8. The first-order chi connectivity index (χ1) is 16.9. The van der Waals surface area contributed by atoms with Crippen LogP contribution >= 0.6 is 35.0 Å². The molecule has 4 aromatic rings. The molecule has 1 N–H and O–H groups in total. The number of halogens is 2. The number of amides is 1. The summed E-state index contributed by atoms with van der Waals surface area (Å²) in [6, 6.07) is 20.7. The van der Waals surface area contributed by atoms with E-state index in [1.807, 2.05) is 47.0 Å². The fourth-order valence-corrected chi connectivity index (χ4v) is 4.08. The van der Waals surface area contributed by atoms with Crippen LogP contribution in [-0.4, -0.2) is 37.6 Å². The van der Waals surface area contributed by atoms with Crippen LogP contribution in [0.4, 0.5) is 5.69 Å². The van der Waals surface area contributed by atoms with Crippen molar-refractivity contribution >= 4 is 52.8 Å². The Balaban J connectivity index is 1.49. The summed E-state index contributed by atoms with van der Waals surface area (Å²) in [6.07, 6.45) is 1.25. The van der Waals surface area contributed by atoms with E-state index in [1.54, 1.807) is 12.1 Å². The van der Waals surface area contributed by atoms with Crippen molar-refractivity contribution in [2.75, 3.05) is 5.75 Å². The van der Waals surface area contributed by atoms with Crippen LogP contribution in [0.15, 0.2) is 83.1 Å². The summed E-state index contributed by atoms with van der Waals surface area (Å²) in [7, 11) is 0. The van der Waals surface area contributed by atoms with Gasteiger partial charge >= 0.3 is 0 Å². The highest BCUT2D eigenvalue weighted by Crippen LogP contribution is 2.28. The van der Waals surface area contributed by atoms with Gasteiger partial charge in [0.2, 0.25) is 0 Å². The second kappa shape index (κ2) is 11.1. The molecule has 0 aliphatic heterocycles. The number of nitro benzene ring substituents is 1. The van der Waals surface area contributed by atoms with Gasteiger partial charge in [-0.1, -0.05) is 65.3 Å². The van der Waals surface area contributed by atoms with Gasteiger partial charge in [0, 0.05) is 39.0 Å². The molecule has 176 valence electrons. The van der Waals surface area contributed by atoms with Crippen molar-refractivity contribution < 1.29 is 9.72 Å². The Morgan fingerprint density at radius 2 is 1.83 bits per heavy atom. The lowest BCUT2D eigenvalue weighted by Gasteiger charge is -2.10. The third kappa shape index (κ3) is 6.04. The van der Waals surface area contributed by atoms with E-state index in [4.69, 9.17) is 23.2 Å². The van der Waals surface area contributed by atoms with E-state index in [1.165, 1.54) is 36.2 Å². The van der Waals surface area contributed by atoms with Crippen LogP contribution in [0, 0.1) is 10.1 Å². The molecule has 3 aromatic carbocycles. The number of nitro groups is 1. The summed E-state index contributed by atoms with van der Waals surface area (Å²) in [5, 5.41) is 24.8. The minimum Gasteiger partial charge on any atom is -0.272 e. The van der Waals surface area contributed by atoms with Gasteiger partial charge in [0.05, 0.1) is 16.9 Å². The van der Waals surface area contributed by atoms with Crippen molar-refractivity contribution in [3.8, 4) is 17.1 Å². The molecule has 0 aliphatic rings. The highest BCUT2D eigenvalue weighted by Gasteiger charge is 2.17. The van der Waals surface area contributed by atoms with Gasteiger partial charge in [-0.2, -0.15) is 5.10 Å². The average Bonchev–Trinajstić information content (AvgIpc) is 3.29. The van der Waals surface area contributed by atoms with Crippen LogP contribution in [0.1, 0.15) is 5.56 Å². The van der Waals surface area contributed by atoms with Crippen molar-refractivity contribution in [3.05, 3.63) is 98.5 Å². The molecule has 0 saturated carbocycles. The number of hydrogen-bond donors (Lipinski definition) is 1. The Morgan fingerprint density at radius 3 is 2.54 bits per heavy atom. The predicted octanol–water partition coefficient (Wildman–Crippen LogP) is 5.39. The van der Waals surface area contributed by atoms with Gasteiger partial charge in [0.15, 0.2) is 11.0 Å². The van der Waals surface area contributed by atoms with Crippen LogP contribution in [0.5, 0.6) is 0 Å². The zero-order valence-corrected chi connectivity index (χ0v) is 20.2. The lowest BCUT2D eigenvalue weighted by molar-refractivity contribution is -0.384. The molecule has 4 rings (SSSR count). The molecule has 1 aromatic heterocycles. The maximum absolute atomic E-state index is 12.4. The summed E-state index contributed by atoms with van der Waals surface area (Å²) in [5.41, 5.74) is 4.22. The molecule has 35 heavy (non-hydrogen) atoms. The normalized spacial score (nSPS) is 11.0. The van der Waals surface area contributed by atoms with Gasteiger partial charge in [0.25, 0.3) is 11.6 Å². The highest BCUT2D eigenvalue weighted by molar-refractivity contribution is 7.99. The first-order valence-electron chi connectivity index (χ1n) is 10.1. The van der Waals surface area contributed by atoms with Gasteiger partial charge in [0.1, 0.15) is 0 Å². The second-order valence-electron chi connectivity index (χ2n) is 7.03. The number of non-ortho nitro benzene ring substituents is 1. The molecule has 0 aliphatic carbocycles. The molecule has 1 heterocycles. The predicted molar refractivity (Wildman–Crippen MR) is 136 cm³/mol. The summed E-state index contributed by atoms with van der Waals surface area (Å²) >= 11 is 13.3. The van der Waals surface area contributed by atoms with Crippen LogP contribution in [0.3, 0.4) is 0 Å². The SMILES string of the molecule is O=C(CSc1nnc(-c2ccccc2)n1-c1ccc(Cl)cc1)N/N=C/c1cc([N+](=O)[O-])ccc1Cl. The maximum atomic E-state index is 12.4. The average molecular weight is 527 g/mol. The molecular formula is C23H16Cl2N6O3S. The minimum atomic E-state index is -0.538. The number of thioether (sulfide) groups is 1. The van der Waals surface area contributed by atoms with Gasteiger partial charge < -0.3 is 0 Å². The number of hydrazone groups is 1. The number of nitrogens with zero attached hydrogens (tertiary/aromatic N) is 5. The molecule has 9 nitrogen and oxygen atoms in total. The number of benzene rings is 3. The van der Waals surface area contributed by atoms with Crippen LogP contribution < -0.4 is 5.43 Å². The fourth-order valence-electron chi connectivity index (χ4n) is 3.04. The highest BCUT2D eigenvalue weighted by atomic mass is 35.5. The van der Waals surface area contributed by atoms with E-state index in [9.17, 15) is 14.9 Å². The molecule has 0 unspecified atom stereocenters. The third-order valence-electron chi connectivity index (χ3n) is 4.67. The van der Waals surface area contributed by atoms with Gasteiger partial charge in [-0.3, -0.25) is 19.5 Å². The number of nitrogens with one attached hydrogen (secondary N) is 1. The Morgan fingerprint density at radius 1 is 1.09 bits per heavy atom. The lowest BCUT2D eigenvalue weighted by Crippen LogP contribution is -2.20. The van der Waals surface area contributed by atoms with Gasteiger partial charge in [-0.05, 0) is 30.3 Å². The molecule has 12 heteroatoms. The number of carbonyl (C=O) groups excluding carboxylic acids is 1. The Kier molecular flexibility index (Phi) is 7.76. The standard InChI is InChI=1S/C23H16Cl2N6O3S/c24-17-6-8-18(9-7-17)30-22(15-4-2-1-3-5-15)28-29-23(30)35-14-21(32)27-26-13-16-12-19(31(33)34)10-11-20(16)25/h1-13H,14H2,(H,27,32)/b26-13+. The summed E-state index contributed by atoms with van der Waals surface area (Å²) in [4.78, 5) is 22.8. The van der Waals surface area contributed by atoms with Crippen molar-refractivity contribution in [1.82, 2.24) is 20.2 Å². The first kappa shape index (κ1) is 24.4.